The molecule has 0 aromatic carbocycles. The Morgan fingerprint density at radius 2 is 1.94 bits per heavy atom. The fourth-order valence-electron chi connectivity index (χ4n) is 1.91. The number of nitrogens with zero attached hydrogens (tertiary/aromatic N) is 4. The number of hydrogen-bond acceptors (Lipinski definition) is 4. The number of anilines is 1. The molecule has 1 atom stereocenters. The van der Waals surface area contributed by atoms with E-state index in [1.165, 1.54) is 5.56 Å². The maximum atomic E-state index is 4.36. The minimum atomic E-state index is 0.168. The Hall–Kier alpha value is -2.43. The summed E-state index contributed by atoms with van der Waals surface area (Å²) in [5, 5.41) is 7.57. The largest absolute Gasteiger partial charge is 0.362 e. The Bertz CT molecular complexity index is 647. The normalized spacial score (nSPS) is 12.5. The summed E-state index contributed by atoms with van der Waals surface area (Å²) < 4.78 is 1.80. The highest BCUT2D eigenvalue weighted by Gasteiger charge is 2.08. The van der Waals surface area contributed by atoms with Crippen molar-refractivity contribution < 1.29 is 0 Å². The van der Waals surface area contributed by atoms with Gasteiger partial charge in [0.05, 0.1) is 12.2 Å². The molecule has 5 heteroatoms. The molecule has 0 bridgehead atoms. The van der Waals surface area contributed by atoms with Crippen molar-refractivity contribution in [1.29, 1.82) is 0 Å². The second kappa shape index (κ2) is 4.44. The fourth-order valence-corrected chi connectivity index (χ4v) is 1.91. The molecule has 3 aromatic heterocycles. The van der Waals surface area contributed by atoms with Gasteiger partial charge in [-0.3, -0.25) is 4.98 Å². The van der Waals surface area contributed by atoms with Gasteiger partial charge in [-0.15, -0.1) is 0 Å². The maximum absolute atomic E-state index is 4.36. The standard InChI is InChI=1S/C13H13N5/c1-10(11-2-5-14-6-3-11)17-13-12-4-7-16-18(12)9-8-15-13/h2-10H,1H3,(H,15,17). The van der Waals surface area contributed by atoms with Crippen LogP contribution in [0.5, 0.6) is 0 Å². The average molecular weight is 239 g/mol. The van der Waals surface area contributed by atoms with Crippen LogP contribution in [0.15, 0.2) is 49.2 Å². The van der Waals surface area contributed by atoms with Gasteiger partial charge in [0.25, 0.3) is 0 Å². The SMILES string of the molecule is CC(Nc1nccn2nccc12)c1ccncc1. The predicted octanol–water partition coefficient (Wildman–Crippen LogP) is 2.30. The van der Waals surface area contributed by atoms with Gasteiger partial charge in [-0.2, -0.15) is 5.10 Å². The number of hydrogen-bond donors (Lipinski definition) is 1. The number of pyridine rings is 1. The van der Waals surface area contributed by atoms with Crippen molar-refractivity contribution in [3.05, 3.63) is 54.7 Å². The summed E-state index contributed by atoms with van der Waals surface area (Å²) in [5.41, 5.74) is 2.15. The summed E-state index contributed by atoms with van der Waals surface area (Å²) >= 11 is 0. The van der Waals surface area contributed by atoms with Crippen molar-refractivity contribution in [1.82, 2.24) is 19.6 Å². The molecule has 0 saturated heterocycles. The zero-order valence-electron chi connectivity index (χ0n) is 9.99. The van der Waals surface area contributed by atoms with Crippen LogP contribution in [0, 0.1) is 0 Å². The van der Waals surface area contributed by atoms with E-state index >= 15 is 0 Å². The van der Waals surface area contributed by atoms with Crippen molar-refractivity contribution in [2.45, 2.75) is 13.0 Å². The number of fused-ring (bicyclic) bond motifs is 1. The molecule has 0 amide bonds. The van der Waals surface area contributed by atoms with Crippen molar-refractivity contribution in [3.63, 3.8) is 0 Å². The molecular formula is C13H13N5. The first-order valence-corrected chi connectivity index (χ1v) is 5.79. The zero-order valence-corrected chi connectivity index (χ0v) is 9.99. The average Bonchev–Trinajstić information content (AvgIpc) is 2.89. The molecule has 0 saturated carbocycles. The van der Waals surface area contributed by atoms with Gasteiger partial charge in [0.2, 0.25) is 0 Å². The summed E-state index contributed by atoms with van der Waals surface area (Å²) in [7, 11) is 0. The van der Waals surface area contributed by atoms with Crippen LogP contribution in [0.2, 0.25) is 0 Å². The Labute approximate surface area is 105 Å². The minimum absolute atomic E-state index is 0.168. The topological polar surface area (TPSA) is 55.1 Å². The Kier molecular flexibility index (Phi) is 2.64. The molecule has 0 spiro atoms. The van der Waals surface area contributed by atoms with Crippen molar-refractivity contribution in [2.24, 2.45) is 0 Å². The molecule has 0 aliphatic rings. The van der Waals surface area contributed by atoms with Gasteiger partial charge in [0, 0.05) is 24.8 Å². The molecule has 90 valence electrons. The quantitative estimate of drug-likeness (QED) is 0.762. The first-order chi connectivity index (χ1) is 8.84. The van der Waals surface area contributed by atoms with Gasteiger partial charge in [-0.05, 0) is 30.7 Å². The van der Waals surface area contributed by atoms with Gasteiger partial charge in [0.15, 0.2) is 5.82 Å². The number of rotatable bonds is 3. The molecule has 0 radical (unpaired) electrons. The van der Waals surface area contributed by atoms with E-state index in [1.807, 2.05) is 24.4 Å². The monoisotopic (exact) mass is 239 g/mol. The van der Waals surface area contributed by atoms with E-state index in [2.05, 4.69) is 27.3 Å². The highest BCUT2D eigenvalue weighted by atomic mass is 15.2. The number of aromatic nitrogens is 4. The van der Waals surface area contributed by atoms with E-state index in [0.717, 1.165) is 11.3 Å². The van der Waals surface area contributed by atoms with E-state index in [-0.39, 0.29) is 6.04 Å². The van der Waals surface area contributed by atoms with Gasteiger partial charge in [-0.25, -0.2) is 9.50 Å². The highest BCUT2D eigenvalue weighted by molar-refractivity contribution is 5.67. The molecule has 3 aromatic rings. The van der Waals surface area contributed by atoms with Crippen LogP contribution in [0.1, 0.15) is 18.5 Å². The lowest BCUT2D eigenvalue weighted by atomic mass is 10.1. The Balaban J connectivity index is 1.91. The van der Waals surface area contributed by atoms with Crippen LogP contribution in [-0.2, 0) is 0 Å². The molecule has 1 unspecified atom stereocenters. The van der Waals surface area contributed by atoms with Crippen LogP contribution >= 0.6 is 0 Å². The first kappa shape index (κ1) is 10.7. The smallest absolute Gasteiger partial charge is 0.152 e. The third-order valence-corrected chi connectivity index (χ3v) is 2.88. The third-order valence-electron chi connectivity index (χ3n) is 2.88. The molecule has 0 aliphatic carbocycles. The second-order valence-electron chi connectivity index (χ2n) is 4.08. The van der Waals surface area contributed by atoms with Crippen molar-refractivity contribution >= 4 is 11.3 Å². The summed E-state index contributed by atoms with van der Waals surface area (Å²) in [5.74, 6) is 0.833. The van der Waals surface area contributed by atoms with Crippen LogP contribution < -0.4 is 5.32 Å². The molecule has 0 aliphatic heterocycles. The van der Waals surface area contributed by atoms with Gasteiger partial charge in [0.1, 0.15) is 5.52 Å². The van der Waals surface area contributed by atoms with E-state index in [9.17, 15) is 0 Å². The Morgan fingerprint density at radius 3 is 2.78 bits per heavy atom. The van der Waals surface area contributed by atoms with Crippen molar-refractivity contribution in [2.75, 3.05) is 5.32 Å². The van der Waals surface area contributed by atoms with E-state index in [4.69, 9.17) is 0 Å². The lowest BCUT2D eigenvalue weighted by Gasteiger charge is -2.15. The summed E-state index contributed by atoms with van der Waals surface area (Å²) in [6.07, 6.45) is 8.92. The molecule has 5 nitrogen and oxygen atoms in total. The molecular weight excluding hydrogens is 226 g/mol. The molecule has 1 N–H and O–H groups in total. The molecule has 3 heterocycles. The van der Waals surface area contributed by atoms with Gasteiger partial charge < -0.3 is 5.32 Å². The molecule has 18 heavy (non-hydrogen) atoms. The van der Waals surface area contributed by atoms with Crippen LogP contribution in [0.4, 0.5) is 5.82 Å². The summed E-state index contributed by atoms with van der Waals surface area (Å²) in [6, 6.07) is 6.10. The highest BCUT2D eigenvalue weighted by Crippen LogP contribution is 2.20. The lowest BCUT2D eigenvalue weighted by molar-refractivity contribution is 0.863. The van der Waals surface area contributed by atoms with E-state index in [0.29, 0.717) is 0 Å². The molecule has 3 rings (SSSR count). The maximum Gasteiger partial charge on any atom is 0.152 e. The van der Waals surface area contributed by atoms with Crippen molar-refractivity contribution in [3.8, 4) is 0 Å². The first-order valence-electron chi connectivity index (χ1n) is 5.79. The second-order valence-corrected chi connectivity index (χ2v) is 4.08. The predicted molar refractivity (Wildman–Crippen MR) is 69.3 cm³/mol. The minimum Gasteiger partial charge on any atom is -0.362 e. The summed E-state index contributed by atoms with van der Waals surface area (Å²) in [4.78, 5) is 8.38. The van der Waals surface area contributed by atoms with Gasteiger partial charge >= 0.3 is 0 Å². The molecule has 0 fully saturated rings. The third kappa shape index (κ3) is 1.90. The van der Waals surface area contributed by atoms with E-state index < -0.39 is 0 Å². The van der Waals surface area contributed by atoms with Crippen LogP contribution in [0.3, 0.4) is 0 Å². The Morgan fingerprint density at radius 1 is 1.11 bits per heavy atom. The fraction of sp³-hybridized carbons (Fsp3) is 0.154. The number of nitrogens with one attached hydrogen (secondary N) is 1. The lowest BCUT2D eigenvalue weighted by Crippen LogP contribution is -2.09. The van der Waals surface area contributed by atoms with E-state index in [1.54, 1.807) is 29.3 Å². The van der Waals surface area contributed by atoms with Gasteiger partial charge in [-0.1, -0.05) is 0 Å². The zero-order chi connectivity index (χ0) is 12.4. The van der Waals surface area contributed by atoms with Crippen LogP contribution in [0.25, 0.3) is 5.52 Å². The summed E-state index contributed by atoms with van der Waals surface area (Å²) in [6.45, 7) is 2.09. The van der Waals surface area contributed by atoms with Crippen LogP contribution in [-0.4, -0.2) is 19.6 Å².